The predicted molar refractivity (Wildman–Crippen MR) is 116 cm³/mol. The molecule has 0 bridgehead atoms. The first-order chi connectivity index (χ1) is 11.9. The van der Waals surface area contributed by atoms with Crippen LogP contribution in [0.5, 0.6) is 11.5 Å². The summed E-state index contributed by atoms with van der Waals surface area (Å²) in [4.78, 5) is 19.8. The van der Waals surface area contributed by atoms with Crippen molar-refractivity contribution in [1.82, 2.24) is 15.1 Å². The second kappa shape index (κ2) is 12.6. The van der Waals surface area contributed by atoms with E-state index in [1.165, 1.54) is 4.90 Å². The van der Waals surface area contributed by atoms with E-state index in [0.29, 0.717) is 12.5 Å². The van der Waals surface area contributed by atoms with Gasteiger partial charge in [0.1, 0.15) is 18.0 Å². The summed E-state index contributed by atoms with van der Waals surface area (Å²) in [7, 11) is 8.65. The molecule has 0 radical (unpaired) electrons. The fourth-order valence-corrected chi connectivity index (χ4v) is 2.15. The van der Waals surface area contributed by atoms with Gasteiger partial charge in [0, 0.05) is 45.9 Å². The highest BCUT2D eigenvalue weighted by Gasteiger charge is 2.12. The third-order valence-electron chi connectivity index (χ3n) is 3.66. The average molecular weight is 478 g/mol. The normalized spacial score (nSPS) is 10.6. The predicted octanol–water partition coefficient (Wildman–Crippen LogP) is 2.20. The van der Waals surface area contributed by atoms with Gasteiger partial charge < -0.3 is 24.6 Å². The highest BCUT2D eigenvalue weighted by molar-refractivity contribution is 14.0. The van der Waals surface area contributed by atoms with Gasteiger partial charge in [0.15, 0.2) is 5.96 Å². The fraction of sp³-hybridized carbons (Fsp3) is 0.556. The molecule has 0 aliphatic heterocycles. The number of halogens is 1. The van der Waals surface area contributed by atoms with Crippen molar-refractivity contribution >= 4 is 35.8 Å². The maximum absolute atomic E-state index is 11.8. The Kier molecular flexibility index (Phi) is 11.8. The van der Waals surface area contributed by atoms with Crippen molar-refractivity contribution < 1.29 is 14.3 Å². The number of nitrogens with one attached hydrogen (secondary N) is 1. The molecule has 0 saturated carbocycles. The van der Waals surface area contributed by atoms with Gasteiger partial charge in [0.05, 0.1) is 14.2 Å². The van der Waals surface area contributed by atoms with Crippen LogP contribution in [0.15, 0.2) is 23.2 Å². The number of likely N-dealkylation sites (N-methyl/N-ethyl adjacent to an activating group) is 1. The van der Waals surface area contributed by atoms with Gasteiger partial charge in [-0.3, -0.25) is 4.79 Å². The van der Waals surface area contributed by atoms with Crippen LogP contribution in [0.1, 0.15) is 18.9 Å². The van der Waals surface area contributed by atoms with Crippen molar-refractivity contribution in [3.63, 3.8) is 0 Å². The zero-order chi connectivity index (χ0) is 18.8. The van der Waals surface area contributed by atoms with E-state index in [-0.39, 0.29) is 36.4 Å². The molecular weight excluding hydrogens is 447 g/mol. The fourth-order valence-electron chi connectivity index (χ4n) is 2.15. The number of benzene rings is 1. The Hall–Kier alpha value is -1.71. The van der Waals surface area contributed by atoms with E-state index in [9.17, 15) is 4.79 Å². The number of ether oxygens (including phenoxy) is 2. The lowest BCUT2D eigenvalue weighted by Gasteiger charge is -2.23. The van der Waals surface area contributed by atoms with Crippen molar-refractivity contribution in [3.05, 3.63) is 23.8 Å². The number of rotatable bonds is 8. The second-order valence-corrected chi connectivity index (χ2v) is 5.89. The Labute approximate surface area is 173 Å². The van der Waals surface area contributed by atoms with Crippen molar-refractivity contribution in [2.75, 3.05) is 48.5 Å². The van der Waals surface area contributed by atoms with Crippen LogP contribution in [0.25, 0.3) is 0 Å². The van der Waals surface area contributed by atoms with E-state index in [2.05, 4.69) is 17.2 Å². The van der Waals surface area contributed by atoms with Crippen LogP contribution >= 0.6 is 24.0 Å². The molecule has 0 spiro atoms. The number of carbonyl (C=O) groups excluding carboxylic acids is 1. The highest BCUT2D eigenvalue weighted by Crippen LogP contribution is 2.25. The smallest absolute Gasteiger partial charge is 0.243 e. The molecule has 7 nitrogen and oxygen atoms in total. The van der Waals surface area contributed by atoms with Crippen molar-refractivity contribution in [3.8, 4) is 11.5 Å². The molecular formula is C18H31IN4O3. The zero-order valence-electron chi connectivity index (χ0n) is 16.5. The van der Waals surface area contributed by atoms with Gasteiger partial charge in [-0.2, -0.15) is 0 Å². The minimum Gasteiger partial charge on any atom is -0.497 e. The number of amides is 1. The summed E-state index contributed by atoms with van der Waals surface area (Å²) in [6.07, 6.45) is 0.973. The minimum absolute atomic E-state index is 0. The quantitative estimate of drug-likeness (QED) is 0.353. The Morgan fingerprint density at radius 1 is 1.19 bits per heavy atom. The third-order valence-corrected chi connectivity index (χ3v) is 3.66. The van der Waals surface area contributed by atoms with Crippen molar-refractivity contribution in [2.24, 2.45) is 4.99 Å². The molecule has 0 atom stereocenters. The molecule has 0 fully saturated rings. The lowest BCUT2D eigenvalue weighted by Crippen LogP contribution is -2.40. The zero-order valence-corrected chi connectivity index (χ0v) is 18.9. The number of hydrogen-bond acceptors (Lipinski definition) is 4. The molecule has 1 aromatic carbocycles. The molecule has 0 aliphatic rings. The summed E-state index contributed by atoms with van der Waals surface area (Å²) >= 11 is 0. The number of hydrogen-bond donors (Lipinski definition) is 1. The van der Waals surface area contributed by atoms with Gasteiger partial charge in [-0.15, -0.1) is 24.0 Å². The largest absolute Gasteiger partial charge is 0.497 e. The van der Waals surface area contributed by atoms with Crippen LogP contribution in [0.2, 0.25) is 0 Å². The van der Waals surface area contributed by atoms with Crippen LogP contribution in [0.3, 0.4) is 0 Å². The summed E-state index contributed by atoms with van der Waals surface area (Å²) in [5.41, 5.74) is 1.01. The summed E-state index contributed by atoms with van der Waals surface area (Å²) in [5.74, 6) is 2.16. The van der Waals surface area contributed by atoms with E-state index < -0.39 is 0 Å². The standard InChI is InChI=1S/C18H30N4O3.HI/c1-7-10-19-18(20-12-17(23)21(2)3)22(4)13-14-8-9-15(24-5)11-16(14)25-6;/h8-9,11H,7,10,12-13H2,1-6H3,(H,19,20);1H. The molecule has 1 N–H and O–H groups in total. The molecule has 0 unspecified atom stereocenters. The lowest BCUT2D eigenvalue weighted by atomic mass is 10.2. The van der Waals surface area contributed by atoms with Crippen LogP contribution in [-0.4, -0.2) is 70.1 Å². The molecule has 1 amide bonds. The average Bonchev–Trinajstić information content (AvgIpc) is 2.61. The maximum atomic E-state index is 11.8. The van der Waals surface area contributed by atoms with Gasteiger partial charge in [-0.1, -0.05) is 6.92 Å². The Bertz CT molecular complexity index is 594. The molecule has 26 heavy (non-hydrogen) atoms. The first-order valence-corrected chi connectivity index (χ1v) is 8.33. The Balaban J connectivity index is 0.00000625. The lowest BCUT2D eigenvalue weighted by molar-refractivity contribution is -0.127. The summed E-state index contributed by atoms with van der Waals surface area (Å²) < 4.78 is 10.7. The molecule has 1 rings (SSSR count). The topological polar surface area (TPSA) is 66.4 Å². The van der Waals surface area contributed by atoms with Gasteiger partial charge in [0.25, 0.3) is 0 Å². The van der Waals surface area contributed by atoms with Gasteiger partial charge in [0.2, 0.25) is 5.91 Å². The molecule has 148 valence electrons. The molecule has 1 aromatic rings. The SMILES string of the molecule is CCCNC(=NCC(=O)N(C)C)N(C)Cc1ccc(OC)cc1OC.I. The molecule has 8 heteroatoms. The van der Waals surface area contributed by atoms with Gasteiger partial charge in [-0.25, -0.2) is 4.99 Å². The van der Waals surface area contributed by atoms with E-state index in [1.54, 1.807) is 28.3 Å². The molecule has 0 heterocycles. The van der Waals surface area contributed by atoms with E-state index in [0.717, 1.165) is 30.0 Å². The van der Waals surface area contributed by atoms with Crippen LogP contribution in [0, 0.1) is 0 Å². The van der Waals surface area contributed by atoms with E-state index in [1.807, 2.05) is 30.1 Å². The van der Waals surface area contributed by atoms with E-state index >= 15 is 0 Å². The minimum atomic E-state index is -0.0359. The molecule has 0 aromatic heterocycles. The number of aliphatic imine (C=N–C) groups is 1. The summed E-state index contributed by atoms with van der Waals surface area (Å²) in [5, 5.41) is 3.28. The molecule has 0 saturated heterocycles. The first-order valence-electron chi connectivity index (χ1n) is 8.33. The third kappa shape index (κ3) is 7.67. The van der Waals surface area contributed by atoms with Crippen LogP contribution < -0.4 is 14.8 Å². The Morgan fingerprint density at radius 2 is 1.88 bits per heavy atom. The maximum Gasteiger partial charge on any atom is 0.243 e. The summed E-state index contributed by atoms with van der Waals surface area (Å²) in [6.45, 7) is 3.59. The molecule has 0 aliphatic carbocycles. The van der Waals surface area contributed by atoms with Gasteiger partial charge >= 0.3 is 0 Å². The van der Waals surface area contributed by atoms with Crippen LogP contribution in [-0.2, 0) is 11.3 Å². The van der Waals surface area contributed by atoms with Crippen molar-refractivity contribution in [1.29, 1.82) is 0 Å². The number of nitrogens with zero attached hydrogens (tertiary/aromatic N) is 3. The number of carbonyl (C=O) groups is 1. The number of methoxy groups -OCH3 is 2. The first kappa shape index (κ1) is 24.3. The monoisotopic (exact) mass is 478 g/mol. The summed E-state index contributed by atoms with van der Waals surface area (Å²) in [6, 6.07) is 5.73. The van der Waals surface area contributed by atoms with Crippen LogP contribution in [0.4, 0.5) is 0 Å². The van der Waals surface area contributed by atoms with E-state index in [4.69, 9.17) is 9.47 Å². The van der Waals surface area contributed by atoms with Crippen molar-refractivity contribution in [2.45, 2.75) is 19.9 Å². The second-order valence-electron chi connectivity index (χ2n) is 5.89. The van der Waals surface area contributed by atoms with Gasteiger partial charge in [-0.05, 0) is 18.6 Å². The highest BCUT2D eigenvalue weighted by atomic mass is 127. The Morgan fingerprint density at radius 3 is 2.42 bits per heavy atom. The number of guanidine groups is 1.